The van der Waals surface area contributed by atoms with Crippen LogP contribution in [-0.2, 0) is 11.2 Å². The lowest BCUT2D eigenvalue weighted by Crippen LogP contribution is -2.45. The molecule has 0 bridgehead atoms. The number of carbonyl (C=O) groups excluding carboxylic acids is 1. The van der Waals surface area contributed by atoms with Gasteiger partial charge in [-0.1, -0.05) is 18.2 Å². The zero-order valence-electron chi connectivity index (χ0n) is 9.66. The van der Waals surface area contributed by atoms with Gasteiger partial charge < -0.3 is 10.7 Å². The van der Waals surface area contributed by atoms with E-state index >= 15 is 0 Å². The van der Waals surface area contributed by atoms with Crippen LogP contribution in [-0.4, -0.2) is 16.9 Å². The Hall–Kier alpha value is -1.85. The van der Waals surface area contributed by atoms with E-state index in [2.05, 4.69) is 10.4 Å². The summed E-state index contributed by atoms with van der Waals surface area (Å²) in [5, 5.41) is 1.10. The van der Waals surface area contributed by atoms with E-state index in [1.165, 1.54) is 0 Å². The second kappa shape index (κ2) is 4.57. The smallest absolute Gasteiger partial charge is 0.251 e. The Labute approximate surface area is 99.1 Å². The molecule has 1 aromatic heterocycles. The zero-order valence-corrected chi connectivity index (χ0v) is 9.66. The summed E-state index contributed by atoms with van der Waals surface area (Å²) < 4.78 is 0. The number of benzene rings is 1. The monoisotopic (exact) mass is 232 g/mol. The number of hydrogen-bond acceptors (Lipinski definition) is 3. The molecule has 1 amide bonds. The normalized spacial score (nSPS) is 12.6. The van der Waals surface area contributed by atoms with Gasteiger partial charge in [0.1, 0.15) is 0 Å². The molecule has 90 valence electrons. The molecule has 0 aliphatic rings. The molecule has 17 heavy (non-hydrogen) atoms. The number of hydrazine groups is 1. The molecule has 0 spiro atoms. The number of nitrogens with one attached hydrogen (secondary N) is 2. The highest BCUT2D eigenvalue weighted by Crippen LogP contribution is 2.22. The summed E-state index contributed by atoms with van der Waals surface area (Å²) in [5.41, 5.74) is 11.0. The van der Waals surface area contributed by atoms with Gasteiger partial charge >= 0.3 is 0 Å². The van der Waals surface area contributed by atoms with E-state index in [4.69, 9.17) is 11.6 Å². The van der Waals surface area contributed by atoms with Crippen molar-refractivity contribution >= 4 is 16.8 Å². The van der Waals surface area contributed by atoms with Crippen molar-refractivity contribution in [1.82, 2.24) is 10.4 Å². The fourth-order valence-electron chi connectivity index (χ4n) is 2.02. The molecule has 5 nitrogen and oxygen atoms in total. The minimum atomic E-state index is -0.627. The van der Waals surface area contributed by atoms with Crippen molar-refractivity contribution in [2.24, 2.45) is 11.6 Å². The maximum Gasteiger partial charge on any atom is 0.251 e. The topological polar surface area (TPSA) is 96.9 Å². The van der Waals surface area contributed by atoms with Crippen LogP contribution >= 0.6 is 0 Å². The van der Waals surface area contributed by atoms with Gasteiger partial charge in [-0.15, -0.1) is 0 Å². The number of hydrogen-bond donors (Lipinski definition) is 4. The maximum atomic E-state index is 11.3. The highest BCUT2D eigenvalue weighted by molar-refractivity contribution is 5.86. The maximum absolute atomic E-state index is 11.3. The molecule has 0 radical (unpaired) electrons. The van der Waals surface area contributed by atoms with Crippen LogP contribution in [0.15, 0.2) is 24.3 Å². The van der Waals surface area contributed by atoms with Gasteiger partial charge in [-0.25, -0.2) is 5.84 Å². The molecular weight excluding hydrogens is 216 g/mol. The van der Waals surface area contributed by atoms with E-state index in [0.717, 1.165) is 22.2 Å². The van der Waals surface area contributed by atoms with Crippen LogP contribution in [0.2, 0.25) is 0 Å². The number of amides is 1. The fraction of sp³-hybridized carbons (Fsp3) is 0.250. The van der Waals surface area contributed by atoms with Crippen LogP contribution in [0, 0.1) is 6.92 Å². The third kappa shape index (κ3) is 2.15. The first-order valence-electron chi connectivity index (χ1n) is 5.45. The van der Waals surface area contributed by atoms with Crippen LogP contribution in [0.3, 0.4) is 0 Å². The van der Waals surface area contributed by atoms with Gasteiger partial charge in [-0.3, -0.25) is 10.2 Å². The lowest BCUT2D eigenvalue weighted by Gasteiger charge is -2.09. The second-order valence-corrected chi connectivity index (χ2v) is 4.09. The average Bonchev–Trinajstić information content (AvgIpc) is 2.65. The molecule has 2 aromatic rings. The Morgan fingerprint density at radius 1 is 1.47 bits per heavy atom. The van der Waals surface area contributed by atoms with Crippen molar-refractivity contribution in [3.63, 3.8) is 0 Å². The van der Waals surface area contributed by atoms with Crippen LogP contribution in [0.5, 0.6) is 0 Å². The van der Waals surface area contributed by atoms with Crippen LogP contribution in [0.1, 0.15) is 11.3 Å². The van der Waals surface area contributed by atoms with E-state index in [-0.39, 0.29) is 5.91 Å². The molecule has 0 aliphatic heterocycles. The van der Waals surface area contributed by atoms with Crippen molar-refractivity contribution in [2.45, 2.75) is 19.4 Å². The Kier molecular flexibility index (Phi) is 3.12. The SMILES string of the molecule is Cc1[nH]c2ccccc2c1CC(N)C(=O)NN. The molecule has 1 aromatic carbocycles. The van der Waals surface area contributed by atoms with Gasteiger partial charge in [0, 0.05) is 16.6 Å². The molecule has 1 heterocycles. The predicted octanol–water partition coefficient (Wildman–Crippen LogP) is 0.336. The number of nitrogens with two attached hydrogens (primary N) is 2. The van der Waals surface area contributed by atoms with E-state index in [1.807, 2.05) is 31.2 Å². The van der Waals surface area contributed by atoms with E-state index in [0.29, 0.717) is 6.42 Å². The number of para-hydroxylation sites is 1. The molecule has 2 rings (SSSR count). The largest absolute Gasteiger partial charge is 0.358 e. The number of H-pyrrole nitrogens is 1. The molecule has 0 fully saturated rings. The number of aromatic amines is 1. The number of aromatic nitrogens is 1. The molecule has 0 aliphatic carbocycles. The van der Waals surface area contributed by atoms with Gasteiger partial charge in [-0.2, -0.15) is 0 Å². The van der Waals surface area contributed by atoms with Crippen LogP contribution in [0.25, 0.3) is 10.9 Å². The van der Waals surface area contributed by atoms with Crippen molar-refractivity contribution in [3.05, 3.63) is 35.5 Å². The van der Waals surface area contributed by atoms with Gasteiger partial charge in [0.2, 0.25) is 0 Å². The van der Waals surface area contributed by atoms with Crippen molar-refractivity contribution in [2.75, 3.05) is 0 Å². The molecular formula is C12H16N4O. The Balaban J connectivity index is 2.35. The number of rotatable bonds is 3. The van der Waals surface area contributed by atoms with E-state index in [9.17, 15) is 4.79 Å². The zero-order chi connectivity index (χ0) is 12.4. The standard InChI is InChI=1S/C12H16N4O/c1-7-9(6-10(13)12(17)16-14)8-4-2-3-5-11(8)15-7/h2-5,10,15H,6,13-14H2,1H3,(H,16,17). The number of carbonyl (C=O) groups is 1. The molecule has 1 unspecified atom stereocenters. The van der Waals surface area contributed by atoms with Crippen molar-refractivity contribution < 1.29 is 4.79 Å². The summed E-state index contributed by atoms with van der Waals surface area (Å²) >= 11 is 0. The van der Waals surface area contributed by atoms with Gasteiger partial charge in [0.25, 0.3) is 5.91 Å². The summed E-state index contributed by atoms with van der Waals surface area (Å²) in [6.45, 7) is 1.97. The summed E-state index contributed by atoms with van der Waals surface area (Å²) in [5.74, 6) is 4.71. The first-order chi connectivity index (χ1) is 8.13. The quantitative estimate of drug-likeness (QED) is 0.349. The highest BCUT2D eigenvalue weighted by Gasteiger charge is 2.16. The highest BCUT2D eigenvalue weighted by atomic mass is 16.2. The number of fused-ring (bicyclic) bond motifs is 1. The summed E-state index contributed by atoms with van der Waals surface area (Å²) in [4.78, 5) is 14.6. The first-order valence-corrected chi connectivity index (χ1v) is 5.45. The fourth-order valence-corrected chi connectivity index (χ4v) is 2.02. The van der Waals surface area contributed by atoms with Crippen molar-refractivity contribution in [1.29, 1.82) is 0 Å². The van der Waals surface area contributed by atoms with Crippen molar-refractivity contribution in [3.8, 4) is 0 Å². The van der Waals surface area contributed by atoms with E-state index in [1.54, 1.807) is 0 Å². The summed E-state index contributed by atoms with van der Waals surface area (Å²) in [6.07, 6.45) is 0.471. The summed E-state index contributed by atoms with van der Waals surface area (Å²) in [6, 6.07) is 7.32. The Morgan fingerprint density at radius 3 is 2.88 bits per heavy atom. The van der Waals surface area contributed by atoms with Gasteiger partial charge in [0.15, 0.2) is 0 Å². The van der Waals surface area contributed by atoms with Gasteiger partial charge in [0.05, 0.1) is 6.04 Å². The third-order valence-electron chi connectivity index (χ3n) is 2.93. The molecule has 1 atom stereocenters. The molecule has 5 heteroatoms. The minimum Gasteiger partial charge on any atom is -0.358 e. The van der Waals surface area contributed by atoms with Crippen LogP contribution in [0.4, 0.5) is 0 Å². The molecule has 0 saturated heterocycles. The lowest BCUT2D eigenvalue weighted by atomic mass is 10.0. The van der Waals surface area contributed by atoms with Crippen LogP contribution < -0.4 is 17.0 Å². The number of aryl methyl sites for hydroxylation is 1. The average molecular weight is 232 g/mol. The Morgan fingerprint density at radius 2 is 2.18 bits per heavy atom. The third-order valence-corrected chi connectivity index (χ3v) is 2.93. The molecule has 6 N–H and O–H groups in total. The minimum absolute atomic E-state index is 0.352. The van der Waals surface area contributed by atoms with E-state index < -0.39 is 6.04 Å². The lowest BCUT2D eigenvalue weighted by molar-refractivity contribution is -0.122. The summed E-state index contributed by atoms with van der Waals surface area (Å²) in [7, 11) is 0. The Bertz CT molecular complexity index is 546. The predicted molar refractivity (Wildman–Crippen MR) is 67.0 cm³/mol. The molecule has 0 saturated carbocycles. The second-order valence-electron chi connectivity index (χ2n) is 4.09. The van der Waals surface area contributed by atoms with Gasteiger partial charge in [-0.05, 0) is 25.0 Å². The first kappa shape index (κ1) is 11.6.